The fourth-order valence-corrected chi connectivity index (χ4v) is 1.25. The molecular weight excluding hydrogens is 150 g/mol. The molecule has 66 valence electrons. The van der Waals surface area contributed by atoms with Gasteiger partial charge in [0.05, 0.1) is 6.61 Å². The van der Waals surface area contributed by atoms with Gasteiger partial charge in [0.15, 0.2) is 0 Å². The molecule has 0 saturated heterocycles. The van der Waals surface area contributed by atoms with E-state index in [4.69, 9.17) is 10.8 Å². The van der Waals surface area contributed by atoms with Crippen molar-refractivity contribution in [3.8, 4) is 0 Å². The van der Waals surface area contributed by atoms with Gasteiger partial charge in [0, 0.05) is 6.54 Å². The maximum absolute atomic E-state index is 8.94. The zero-order chi connectivity index (χ0) is 8.97. The monoisotopic (exact) mass is 165 g/mol. The molecule has 0 atom stereocenters. The molecule has 12 heavy (non-hydrogen) atoms. The molecule has 0 aliphatic heterocycles. The van der Waals surface area contributed by atoms with Crippen LogP contribution in [-0.4, -0.2) is 5.11 Å². The lowest BCUT2D eigenvalue weighted by molar-refractivity contribution is 0.281. The molecule has 0 aliphatic carbocycles. The minimum Gasteiger partial charge on any atom is -0.392 e. The molecule has 0 heterocycles. The number of aliphatic hydroxyl groups excluding tert-OH is 1. The zero-order valence-electron chi connectivity index (χ0n) is 7.38. The number of benzene rings is 1. The van der Waals surface area contributed by atoms with Gasteiger partial charge in [0.1, 0.15) is 0 Å². The van der Waals surface area contributed by atoms with Crippen LogP contribution in [0.1, 0.15) is 23.6 Å². The summed E-state index contributed by atoms with van der Waals surface area (Å²) >= 11 is 0. The van der Waals surface area contributed by atoms with E-state index in [9.17, 15) is 0 Å². The van der Waals surface area contributed by atoms with Crippen molar-refractivity contribution in [2.24, 2.45) is 5.73 Å². The number of hydrogen-bond donors (Lipinski definition) is 2. The maximum Gasteiger partial charge on any atom is 0.0682 e. The van der Waals surface area contributed by atoms with E-state index in [1.54, 1.807) is 0 Å². The first-order valence-corrected chi connectivity index (χ1v) is 4.22. The quantitative estimate of drug-likeness (QED) is 0.707. The summed E-state index contributed by atoms with van der Waals surface area (Å²) in [7, 11) is 0. The predicted molar refractivity (Wildman–Crippen MR) is 49.6 cm³/mol. The van der Waals surface area contributed by atoms with Crippen LogP contribution in [0.2, 0.25) is 0 Å². The molecule has 0 aromatic heterocycles. The first kappa shape index (κ1) is 9.23. The first-order valence-electron chi connectivity index (χ1n) is 4.22. The number of hydrogen-bond acceptors (Lipinski definition) is 2. The van der Waals surface area contributed by atoms with Crippen LogP contribution in [0.25, 0.3) is 0 Å². The average Bonchev–Trinajstić information content (AvgIpc) is 2.16. The summed E-state index contributed by atoms with van der Waals surface area (Å²) < 4.78 is 0. The Labute approximate surface area is 73.0 Å². The van der Waals surface area contributed by atoms with Crippen LogP contribution in [0.5, 0.6) is 0 Å². The summed E-state index contributed by atoms with van der Waals surface area (Å²) in [5.74, 6) is 0. The highest BCUT2D eigenvalue weighted by molar-refractivity contribution is 5.29. The van der Waals surface area contributed by atoms with Crippen molar-refractivity contribution >= 4 is 0 Å². The smallest absolute Gasteiger partial charge is 0.0682 e. The second kappa shape index (κ2) is 4.24. The van der Waals surface area contributed by atoms with Crippen LogP contribution in [0.4, 0.5) is 0 Å². The Kier molecular flexibility index (Phi) is 3.26. The van der Waals surface area contributed by atoms with Gasteiger partial charge in [-0.05, 0) is 23.1 Å². The summed E-state index contributed by atoms with van der Waals surface area (Å²) in [6.45, 7) is 2.73. The molecule has 0 amide bonds. The molecule has 0 unspecified atom stereocenters. The van der Waals surface area contributed by atoms with Crippen molar-refractivity contribution < 1.29 is 5.11 Å². The molecule has 1 rings (SSSR count). The molecule has 3 N–H and O–H groups in total. The molecule has 1 aromatic carbocycles. The fraction of sp³-hybridized carbons (Fsp3) is 0.400. The second-order valence-electron chi connectivity index (χ2n) is 2.87. The van der Waals surface area contributed by atoms with Crippen molar-refractivity contribution in [2.45, 2.75) is 26.5 Å². The molecule has 0 fully saturated rings. The van der Waals surface area contributed by atoms with Gasteiger partial charge in [-0.1, -0.05) is 25.1 Å². The Hall–Kier alpha value is -0.860. The molecule has 0 radical (unpaired) electrons. The van der Waals surface area contributed by atoms with Gasteiger partial charge in [-0.3, -0.25) is 0 Å². The van der Waals surface area contributed by atoms with Gasteiger partial charge >= 0.3 is 0 Å². The fourth-order valence-electron chi connectivity index (χ4n) is 1.25. The third-order valence-corrected chi connectivity index (χ3v) is 1.94. The molecule has 0 bridgehead atoms. The second-order valence-corrected chi connectivity index (χ2v) is 2.87. The molecule has 2 heteroatoms. The van der Waals surface area contributed by atoms with Crippen molar-refractivity contribution in [1.29, 1.82) is 0 Å². The van der Waals surface area contributed by atoms with Crippen molar-refractivity contribution in [1.82, 2.24) is 0 Å². The number of nitrogens with two attached hydrogens (primary N) is 1. The van der Waals surface area contributed by atoms with E-state index in [1.807, 2.05) is 12.1 Å². The Morgan fingerprint density at radius 1 is 1.17 bits per heavy atom. The lowest BCUT2D eigenvalue weighted by atomic mass is 10.0. The van der Waals surface area contributed by atoms with Crippen LogP contribution in [-0.2, 0) is 19.6 Å². The van der Waals surface area contributed by atoms with Crippen LogP contribution < -0.4 is 5.73 Å². The minimum absolute atomic E-state index is 0.0981. The lowest BCUT2D eigenvalue weighted by Crippen LogP contribution is -1.99. The normalized spacial score (nSPS) is 10.2. The summed E-state index contributed by atoms with van der Waals surface area (Å²) in [6.07, 6.45) is 0.987. The number of aliphatic hydroxyl groups is 1. The van der Waals surface area contributed by atoms with Crippen LogP contribution in [0.15, 0.2) is 18.2 Å². The lowest BCUT2D eigenvalue weighted by Gasteiger charge is -2.04. The average molecular weight is 165 g/mol. The summed E-state index contributed by atoms with van der Waals surface area (Å²) in [5, 5.41) is 8.94. The molecule has 0 aliphatic rings. The van der Waals surface area contributed by atoms with Crippen LogP contribution in [0.3, 0.4) is 0 Å². The molecule has 0 saturated carbocycles. The van der Waals surface area contributed by atoms with Gasteiger partial charge < -0.3 is 10.8 Å². The van der Waals surface area contributed by atoms with E-state index in [2.05, 4.69) is 13.0 Å². The summed E-state index contributed by atoms with van der Waals surface area (Å²) in [4.78, 5) is 0. The number of rotatable bonds is 3. The van der Waals surface area contributed by atoms with Gasteiger partial charge in [-0.25, -0.2) is 0 Å². The third kappa shape index (κ3) is 2.06. The molecular formula is C10H15NO. The highest BCUT2D eigenvalue weighted by atomic mass is 16.3. The van der Waals surface area contributed by atoms with Gasteiger partial charge in [0.2, 0.25) is 0 Å². The highest BCUT2D eigenvalue weighted by Crippen LogP contribution is 2.10. The Morgan fingerprint density at radius 2 is 1.75 bits per heavy atom. The molecule has 0 spiro atoms. The van der Waals surface area contributed by atoms with E-state index in [0.717, 1.165) is 17.5 Å². The van der Waals surface area contributed by atoms with E-state index in [0.29, 0.717) is 6.54 Å². The van der Waals surface area contributed by atoms with Crippen LogP contribution >= 0.6 is 0 Å². The van der Waals surface area contributed by atoms with E-state index in [1.165, 1.54) is 5.56 Å². The van der Waals surface area contributed by atoms with Gasteiger partial charge in [-0.2, -0.15) is 0 Å². The summed E-state index contributed by atoms with van der Waals surface area (Å²) in [6, 6.07) is 6.04. The van der Waals surface area contributed by atoms with E-state index in [-0.39, 0.29) is 6.61 Å². The Bertz CT molecular complexity index is 203. The van der Waals surface area contributed by atoms with Crippen LogP contribution in [0, 0.1) is 0 Å². The Balaban J connectivity index is 3.01. The maximum atomic E-state index is 8.94. The van der Waals surface area contributed by atoms with Crippen molar-refractivity contribution in [2.75, 3.05) is 0 Å². The largest absolute Gasteiger partial charge is 0.392 e. The summed E-state index contributed by atoms with van der Waals surface area (Å²) in [5.41, 5.74) is 8.80. The van der Waals surface area contributed by atoms with Crippen molar-refractivity contribution in [3.05, 3.63) is 34.9 Å². The molecule has 1 aromatic rings. The first-order chi connectivity index (χ1) is 5.80. The highest BCUT2D eigenvalue weighted by Gasteiger charge is 1.97. The topological polar surface area (TPSA) is 46.2 Å². The molecule has 2 nitrogen and oxygen atoms in total. The van der Waals surface area contributed by atoms with Gasteiger partial charge in [-0.15, -0.1) is 0 Å². The van der Waals surface area contributed by atoms with Gasteiger partial charge in [0.25, 0.3) is 0 Å². The SMILES string of the molecule is CCc1cc(CN)cc(CO)c1. The Morgan fingerprint density at radius 3 is 2.25 bits per heavy atom. The minimum atomic E-state index is 0.0981. The number of aryl methyl sites for hydroxylation is 1. The van der Waals surface area contributed by atoms with E-state index >= 15 is 0 Å². The van der Waals surface area contributed by atoms with E-state index < -0.39 is 0 Å². The predicted octanol–water partition coefficient (Wildman–Crippen LogP) is 1.20. The van der Waals surface area contributed by atoms with Crippen molar-refractivity contribution in [3.63, 3.8) is 0 Å². The standard InChI is InChI=1S/C10H15NO/c1-2-8-3-9(6-11)5-10(4-8)7-12/h3-5,12H,2,6-7,11H2,1H3. The third-order valence-electron chi connectivity index (χ3n) is 1.94. The zero-order valence-corrected chi connectivity index (χ0v) is 7.38.